The predicted molar refractivity (Wildman–Crippen MR) is 56.4 cm³/mol. The standard InChI is InChI=1S/C11H22O4/c1-4-8(13)7(2)10-9(15-10)5-11(3,14)6-12/h7-10,12-14H,4-6H2,1-3H3/t7-,8+,9-,10-,11-/m1/s1. The normalized spacial score (nSPS) is 33.2. The molecule has 4 nitrogen and oxygen atoms in total. The highest BCUT2D eigenvalue weighted by Gasteiger charge is 2.47. The second kappa shape index (κ2) is 4.78. The first-order valence-electron chi connectivity index (χ1n) is 5.58. The van der Waals surface area contributed by atoms with Crippen molar-refractivity contribution in [2.75, 3.05) is 6.61 Å². The monoisotopic (exact) mass is 218 g/mol. The highest BCUT2D eigenvalue weighted by molar-refractivity contribution is 4.95. The molecule has 1 rings (SSSR count). The molecule has 15 heavy (non-hydrogen) atoms. The summed E-state index contributed by atoms with van der Waals surface area (Å²) in [5.74, 6) is 0.0921. The van der Waals surface area contributed by atoms with Crippen molar-refractivity contribution in [3.63, 3.8) is 0 Å². The van der Waals surface area contributed by atoms with Crippen molar-refractivity contribution in [3.05, 3.63) is 0 Å². The average Bonchev–Trinajstić information content (AvgIpc) is 2.94. The van der Waals surface area contributed by atoms with Crippen LogP contribution in [0.5, 0.6) is 0 Å². The van der Waals surface area contributed by atoms with E-state index in [4.69, 9.17) is 9.84 Å². The van der Waals surface area contributed by atoms with Gasteiger partial charge in [-0.1, -0.05) is 13.8 Å². The number of hydrogen-bond acceptors (Lipinski definition) is 4. The van der Waals surface area contributed by atoms with Gasteiger partial charge < -0.3 is 20.1 Å². The molecular weight excluding hydrogens is 196 g/mol. The summed E-state index contributed by atoms with van der Waals surface area (Å²) >= 11 is 0. The fourth-order valence-corrected chi connectivity index (χ4v) is 1.87. The van der Waals surface area contributed by atoms with Gasteiger partial charge >= 0.3 is 0 Å². The highest BCUT2D eigenvalue weighted by Crippen LogP contribution is 2.36. The van der Waals surface area contributed by atoms with E-state index >= 15 is 0 Å². The Morgan fingerprint density at radius 1 is 1.47 bits per heavy atom. The van der Waals surface area contributed by atoms with Crippen LogP contribution in [0, 0.1) is 5.92 Å². The van der Waals surface area contributed by atoms with Crippen molar-refractivity contribution in [1.82, 2.24) is 0 Å². The Balaban J connectivity index is 2.34. The second-order valence-corrected chi connectivity index (χ2v) is 4.83. The van der Waals surface area contributed by atoms with E-state index in [2.05, 4.69) is 0 Å². The summed E-state index contributed by atoms with van der Waals surface area (Å²) in [6.07, 6.45) is 0.791. The molecule has 0 radical (unpaired) electrons. The van der Waals surface area contributed by atoms with Gasteiger partial charge in [0.25, 0.3) is 0 Å². The quantitative estimate of drug-likeness (QED) is 0.560. The molecule has 0 spiro atoms. The van der Waals surface area contributed by atoms with Gasteiger partial charge in [0.1, 0.15) is 0 Å². The third-order valence-electron chi connectivity index (χ3n) is 3.15. The van der Waals surface area contributed by atoms with Crippen LogP contribution in [0.25, 0.3) is 0 Å². The van der Waals surface area contributed by atoms with Crippen LogP contribution in [0.4, 0.5) is 0 Å². The summed E-state index contributed by atoms with van der Waals surface area (Å²) in [5.41, 5.74) is -1.07. The summed E-state index contributed by atoms with van der Waals surface area (Å²) in [6, 6.07) is 0. The van der Waals surface area contributed by atoms with Gasteiger partial charge in [-0.25, -0.2) is 0 Å². The van der Waals surface area contributed by atoms with Gasteiger partial charge in [0.2, 0.25) is 0 Å². The van der Waals surface area contributed by atoms with Gasteiger partial charge in [0.15, 0.2) is 0 Å². The molecule has 0 amide bonds. The van der Waals surface area contributed by atoms with Gasteiger partial charge in [-0.2, -0.15) is 0 Å². The summed E-state index contributed by atoms with van der Waals surface area (Å²) in [7, 11) is 0. The van der Waals surface area contributed by atoms with Crippen LogP contribution in [0.15, 0.2) is 0 Å². The zero-order valence-electron chi connectivity index (χ0n) is 9.68. The molecule has 4 heteroatoms. The molecule has 0 aromatic carbocycles. The Morgan fingerprint density at radius 3 is 2.53 bits per heavy atom. The minimum absolute atomic E-state index is 0.0247. The molecule has 1 aliphatic rings. The van der Waals surface area contributed by atoms with Crippen LogP contribution in [-0.2, 0) is 4.74 Å². The molecule has 3 N–H and O–H groups in total. The summed E-state index contributed by atoms with van der Waals surface area (Å²) in [4.78, 5) is 0. The van der Waals surface area contributed by atoms with Crippen molar-refractivity contribution in [1.29, 1.82) is 0 Å². The lowest BCUT2D eigenvalue weighted by atomic mass is 9.92. The number of ether oxygens (including phenoxy) is 1. The molecule has 0 unspecified atom stereocenters. The largest absolute Gasteiger partial charge is 0.393 e. The minimum atomic E-state index is -1.07. The van der Waals surface area contributed by atoms with E-state index < -0.39 is 5.60 Å². The Bertz CT molecular complexity index is 205. The first-order chi connectivity index (χ1) is 6.91. The lowest BCUT2D eigenvalue weighted by molar-refractivity contribution is -0.0103. The number of epoxide rings is 1. The number of hydrogen-bond donors (Lipinski definition) is 3. The van der Waals surface area contributed by atoms with Crippen molar-refractivity contribution >= 4 is 0 Å². The molecule has 1 fully saturated rings. The van der Waals surface area contributed by atoms with Gasteiger partial charge in [0.05, 0.1) is 30.5 Å². The third-order valence-corrected chi connectivity index (χ3v) is 3.15. The van der Waals surface area contributed by atoms with Crippen LogP contribution in [0.1, 0.15) is 33.6 Å². The topological polar surface area (TPSA) is 73.2 Å². The molecule has 1 heterocycles. The van der Waals surface area contributed by atoms with Crippen molar-refractivity contribution in [2.24, 2.45) is 5.92 Å². The smallest absolute Gasteiger partial charge is 0.0893 e. The molecule has 1 saturated heterocycles. The first-order valence-corrected chi connectivity index (χ1v) is 5.58. The minimum Gasteiger partial charge on any atom is -0.393 e. The molecule has 5 atom stereocenters. The molecular formula is C11H22O4. The van der Waals surface area contributed by atoms with E-state index in [9.17, 15) is 10.2 Å². The highest BCUT2D eigenvalue weighted by atomic mass is 16.6. The maximum Gasteiger partial charge on any atom is 0.0893 e. The fraction of sp³-hybridized carbons (Fsp3) is 1.00. The van der Waals surface area contributed by atoms with E-state index in [1.807, 2.05) is 13.8 Å². The lowest BCUT2D eigenvalue weighted by Crippen LogP contribution is -2.32. The molecule has 0 aromatic heterocycles. The molecule has 0 aliphatic carbocycles. The fourth-order valence-electron chi connectivity index (χ4n) is 1.87. The van der Waals surface area contributed by atoms with Gasteiger partial charge in [-0.05, 0) is 13.3 Å². The predicted octanol–water partition coefficient (Wildman–Crippen LogP) is 0.294. The van der Waals surface area contributed by atoms with Gasteiger partial charge in [0, 0.05) is 12.3 Å². The van der Waals surface area contributed by atoms with Gasteiger partial charge in [-0.3, -0.25) is 0 Å². The van der Waals surface area contributed by atoms with E-state index in [0.29, 0.717) is 12.8 Å². The van der Waals surface area contributed by atoms with E-state index in [0.717, 1.165) is 0 Å². The molecule has 0 aromatic rings. The number of aliphatic hydroxyl groups excluding tert-OH is 2. The summed E-state index contributed by atoms with van der Waals surface area (Å²) in [6.45, 7) is 5.21. The SMILES string of the molecule is CC[C@H](O)[C@@H](C)[C@H]1O[C@@H]1C[C@@](C)(O)CO. The third kappa shape index (κ3) is 3.41. The Hall–Kier alpha value is -0.160. The second-order valence-electron chi connectivity index (χ2n) is 4.83. The zero-order chi connectivity index (χ0) is 11.6. The van der Waals surface area contributed by atoms with Crippen LogP contribution < -0.4 is 0 Å². The molecule has 0 bridgehead atoms. The number of rotatable bonds is 6. The molecule has 0 saturated carbocycles. The number of aliphatic hydroxyl groups is 3. The van der Waals surface area contributed by atoms with Crippen LogP contribution in [0.3, 0.4) is 0 Å². The van der Waals surface area contributed by atoms with Crippen LogP contribution >= 0.6 is 0 Å². The lowest BCUT2D eigenvalue weighted by Gasteiger charge is -2.19. The maximum absolute atomic E-state index is 9.64. The molecule has 90 valence electrons. The van der Waals surface area contributed by atoms with E-state index in [-0.39, 0.29) is 30.8 Å². The summed E-state index contributed by atoms with van der Waals surface area (Å²) < 4.78 is 5.41. The first kappa shape index (κ1) is 12.9. The van der Waals surface area contributed by atoms with Crippen molar-refractivity contribution < 1.29 is 20.1 Å². The van der Waals surface area contributed by atoms with Crippen molar-refractivity contribution in [2.45, 2.75) is 57.5 Å². The van der Waals surface area contributed by atoms with Crippen LogP contribution in [0.2, 0.25) is 0 Å². The Kier molecular flexibility index (Phi) is 4.12. The Morgan fingerprint density at radius 2 is 2.07 bits per heavy atom. The summed E-state index contributed by atoms with van der Waals surface area (Å²) in [5, 5.41) is 28.2. The average molecular weight is 218 g/mol. The maximum atomic E-state index is 9.64. The zero-order valence-corrected chi connectivity index (χ0v) is 9.68. The Labute approximate surface area is 90.9 Å². The molecule has 1 aliphatic heterocycles. The van der Waals surface area contributed by atoms with Gasteiger partial charge in [-0.15, -0.1) is 0 Å². The van der Waals surface area contributed by atoms with E-state index in [1.165, 1.54) is 0 Å². The van der Waals surface area contributed by atoms with E-state index in [1.54, 1.807) is 6.92 Å². The van der Waals surface area contributed by atoms with Crippen LogP contribution in [-0.4, -0.2) is 45.8 Å². The van der Waals surface area contributed by atoms with Crippen molar-refractivity contribution in [3.8, 4) is 0 Å².